The van der Waals surface area contributed by atoms with Gasteiger partial charge in [0.05, 0.1) is 5.25 Å². The molecule has 0 aliphatic heterocycles. The van der Waals surface area contributed by atoms with Crippen molar-refractivity contribution in [2.24, 2.45) is 0 Å². The van der Waals surface area contributed by atoms with Crippen molar-refractivity contribution < 1.29 is 47.3 Å². The first-order valence-electron chi connectivity index (χ1n) is 10.1. The van der Waals surface area contributed by atoms with Crippen molar-refractivity contribution in [3.05, 3.63) is 29.3 Å². The third kappa shape index (κ3) is 11.5. The van der Waals surface area contributed by atoms with Gasteiger partial charge in [-0.1, -0.05) is 64.5 Å². The third-order valence-electron chi connectivity index (χ3n) is 4.71. The smallest absolute Gasteiger partial charge is 0.748 e. The standard InChI is InChI=1S/C21H36O4S.Na/c1-4-6-8-10-12-19-14-15-21(25-17-18(3)26(22,23)24)20(16-19)13-11-9-7-5-2;/h14-16,18H,4-13,17H2,1-3H3,(H,22,23,24);/q;+1/p-1. The van der Waals surface area contributed by atoms with Crippen molar-refractivity contribution in [1.82, 2.24) is 0 Å². The Balaban J connectivity index is 0.00000676. The van der Waals surface area contributed by atoms with Gasteiger partial charge in [-0.3, -0.25) is 0 Å². The van der Waals surface area contributed by atoms with E-state index in [1.807, 2.05) is 6.07 Å². The van der Waals surface area contributed by atoms with E-state index in [2.05, 4.69) is 26.0 Å². The fourth-order valence-electron chi connectivity index (χ4n) is 2.91. The van der Waals surface area contributed by atoms with E-state index in [0.717, 1.165) is 24.8 Å². The fourth-order valence-corrected chi connectivity index (χ4v) is 3.15. The molecule has 1 unspecified atom stereocenters. The van der Waals surface area contributed by atoms with Crippen molar-refractivity contribution in [2.75, 3.05) is 6.61 Å². The summed E-state index contributed by atoms with van der Waals surface area (Å²) in [4.78, 5) is 0. The van der Waals surface area contributed by atoms with Crippen LogP contribution in [-0.4, -0.2) is 24.8 Å². The van der Waals surface area contributed by atoms with E-state index in [-0.39, 0.29) is 36.2 Å². The third-order valence-corrected chi connectivity index (χ3v) is 5.83. The molecule has 0 aliphatic rings. The summed E-state index contributed by atoms with van der Waals surface area (Å²) in [5.41, 5.74) is 2.44. The van der Waals surface area contributed by atoms with E-state index in [1.54, 1.807) is 0 Å². The molecule has 4 nitrogen and oxygen atoms in total. The molecule has 0 spiro atoms. The Hall–Kier alpha value is -0.0700. The minimum Gasteiger partial charge on any atom is -0.748 e. The zero-order valence-corrected chi connectivity index (χ0v) is 20.4. The van der Waals surface area contributed by atoms with Crippen LogP contribution >= 0.6 is 0 Å². The minimum absolute atomic E-state index is 0. The zero-order chi connectivity index (χ0) is 19.4. The molecular weight excluding hydrogens is 371 g/mol. The van der Waals surface area contributed by atoms with Gasteiger partial charge in [0.15, 0.2) is 0 Å². The van der Waals surface area contributed by atoms with Crippen molar-refractivity contribution >= 4 is 10.1 Å². The minimum atomic E-state index is -4.31. The second-order valence-corrected chi connectivity index (χ2v) is 8.97. The Bertz CT molecular complexity index is 617. The molecule has 0 saturated heterocycles. The van der Waals surface area contributed by atoms with Crippen LogP contribution in [0.25, 0.3) is 0 Å². The number of benzene rings is 1. The summed E-state index contributed by atoms with van der Waals surface area (Å²) in [5, 5.41) is -1.04. The van der Waals surface area contributed by atoms with Crippen molar-refractivity contribution in [3.63, 3.8) is 0 Å². The van der Waals surface area contributed by atoms with E-state index in [1.165, 1.54) is 57.4 Å². The molecule has 150 valence electrons. The summed E-state index contributed by atoms with van der Waals surface area (Å²) in [6.07, 6.45) is 11.6. The largest absolute Gasteiger partial charge is 1.00 e. The van der Waals surface area contributed by atoms with Crippen LogP contribution in [0.5, 0.6) is 5.75 Å². The Morgan fingerprint density at radius 3 is 2.11 bits per heavy atom. The van der Waals surface area contributed by atoms with Gasteiger partial charge in [-0.2, -0.15) is 0 Å². The number of aryl methyl sites for hydroxylation is 2. The van der Waals surface area contributed by atoms with Gasteiger partial charge < -0.3 is 9.29 Å². The SMILES string of the molecule is CCCCCCc1ccc(OCC(C)S(=O)(=O)[O-])c(CCCCCC)c1.[Na+]. The molecule has 0 N–H and O–H groups in total. The summed E-state index contributed by atoms with van der Waals surface area (Å²) in [5.74, 6) is 0.717. The first kappa shape index (κ1) is 26.9. The maximum atomic E-state index is 11.1. The zero-order valence-electron chi connectivity index (χ0n) is 17.6. The Morgan fingerprint density at radius 1 is 0.963 bits per heavy atom. The normalized spacial score (nSPS) is 12.4. The molecule has 0 fully saturated rings. The molecule has 1 atom stereocenters. The Morgan fingerprint density at radius 2 is 1.56 bits per heavy atom. The maximum absolute atomic E-state index is 11.1. The van der Waals surface area contributed by atoms with Gasteiger partial charge >= 0.3 is 29.6 Å². The van der Waals surface area contributed by atoms with Gasteiger partial charge in [-0.15, -0.1) is 0 Å². The molecular formula is C21H35NaO4S. The molecule has 6 heteroatoms. The molecule has 0 saturated carbocycles. The topological polar surface area (TPSA) is 66.4 Å². The average molecular weight is 407 g/mol. The first-order valence-corrected chi connectivity index (χ1v) is 11.5. The van der Waals surface area contributed by atoms with E-state index < -0.39 is 15.4 Å². The number of rotatable bonds is 14. The van der Waals surface area contributed by atoms with Crippen molar-refractivity contribution in [3.8, 4) is 5.75 Å². The molecule has 1 aromatic rings. The van der Waals surface area contributed by atoms with Crippen molar-refractivity contribution in [2.45, 2.75) is 90.2 Å². The summed E-state index contributed by atoms with van der Waals surface area (Å²) in [6, 6.07) is 6.20. The van der Waals surface area contributed by atoms with Crippen LogP contribution in [-0.2, 0) is 23.0 Å². The van der Waals surface area contributed by atoms with Crippen LogP contribution in [0.4, 0.5) is 0 Å². The number of hydrogen-bond acceptors (Lipinski definition) is 4. The monoisotopic (exact) mass is 406 g/mol. The molecule has 0 aliphatic carbocycles. The summed E-state index contributed by atoms with van der Waals surface area (Å²) in [6.45, 7) is 5.70. The predicted molar refractivity (Wildman–Crippen MR) is 107 cm³/mol. The molecule has 27 heavy (non-hydrogen) atoms. The van der Waals surface area contributed by atoms with Gasteiger partial charge in [-0.05, 0) is 49.8 Å². The Kier molecular flexibility index (Phi) is 14.8. The summed E-state index contributed by atoms with van der Waals surface area (Å²) >= 11 is 0. The molecule has 0 radical (unpaired) electrons. The number of hydrogen-bond donors (Lipinski definition) is 0. The summed E-state index contributed by atoms with van der Waals surface area (Å²) in [7, 11) is -4.31. The van der Waals surface area contributed by atoms with Crippen LogP contribution in [0.1, 0.15) is 83.3 Å². The number of ether oxygens (including phenoxy) is 1. The maximum Gasteiger partial charge on any atom is 1.00 e. The van der Waals surface area contributed by atoms with Crippen LogP contribution in [0, 0.1) is 0 Å². The van der Waals surface area contributed by atoms with Gasteiger partial charge in [0.1, 0.15) is 22.5 Å². The second-order valence-electron chi connectivity index (χ2n) is 7.18. The van der Waals surface area contributed by atoms with Crippen molar-refractivity contribution in [1.29, 1.82) is 0 Å². The van der Waals surface area contributed by atoms with E-state index in [9.17, 15) is 13.0 Å². The molecule has 1 aromatic carbocycles. The molecule has 0 heterocycles. The first-order chi connectivity index (χ1) is 12.4. The van der Waals surface area contributed by atoms with Crippen LogP contribution in [0.15, 0.2) is 18.2 Å². The molecule has 1 rings (SSSR count). The molecule has 0 bridgehead atoms. The van der Waals surface area contributed by atoms with Gasteiger partial charge in [0.2, 0.25) is 0 Å². The number of unbranched alkanes of at least 4 members (excludes halogenated alkanes) is 6. The quantitative estimate of drug-likeness (QED) is 0.270. The van der Waals surface area contributed by atoms with E-state index in [0.29, 0.717) is 5.75 Å². The van der Waals surface area contributed by atoms with Gasteiger partial charge in [-0.25, -0.2) is 8.42 Å². The molecule has 0 aromatic heterocycles. The average Bonchev–Trinajstić information content (AvgIpc) is 2.60. The fraction of sp³-hybridized carbons (Fsp3) is 0.714. The van der Waals surface area contributed by atoms with Crippen LogP contribution < -0.4 is 34.3 Å². The second kappa shape index (κ2) is 14.9. The Labute approximate surface area is 188 Å². The van der Waals surface area contributed by atoms with Gasteiger partial charge in [0.25, 0.3) is 0 Å². The van der Waals surface area contributed by atoms with Crippen LogP contribution in [0.2, 0.25) is 0 Å². The predicted octanol–water partition coefficient (Wildman–Crippen LogP) is 2.25. The van der Waals surface area contributed by atoms with E-state index >= 15 is 0 Å². The molecule has 0 amide bonds. The summed E-state index contributed by atoms with van der Waals surface area (Å²) < 4.78 is 38.9. The van der Waals surface area contributed by atoms with Crippen LogP contribution in [0.3, 0.4) is 0 Å². The van der Waals surface area contributed by atoms with E-state index in [4.69, 9.17) is 4.74 Å². The van der Waals surface area contributed by atoms with Gasteiger partial charge in [0, 0.05) is 0 Å².